The zero-order valence-corrected chi connectivity index (χ0v) is 19.3. The number of nitrogens with zero attached hydrogens (tertiary/aromatic N) is 2. The summed E-state index contributed by atoms with van der Waals surface area (Å²) in [5.74, 6) is 0.145. The Labute approximate surface area is 199 Å². The predicted octanol–water partition coefficient (Wildman–Crippen LogP) is 5.86. The van der Waals surface area contributed by atoms with Crippen molar-refractivity contribution in [3.05, 3.63) is 95.8 Å². The molecule has 1 unspecified atom stereocenters. The summed E-state index contributed by atoms with van der Waals surface area (Å²) < 4.78 is 32.0. The van der Waals surface area contributed by atoms with Crippen LogP contribution in [0.15, 0.2) is 84.0 Å². The zero-order valence-electron chi connectivity index (χ0n) is 19.3. The first-order valence-electron chi connectivity index (χ1n) is 11.7. The fraction of sp³-hybridized carbons (Fsp3) is 0.321. The number of hydrazone groups is 1. The van der Waals surface area contributed by atoms with Crippen LogP contribution >= 0.6 is 0 Å². The summed E-state index contributed by atoms with van der Waals surface area (Å²) in [6.45, 7) is 1.47. The van der Waals surface area contributed by atoms with Crippen LogP contribution in [0.3, 0.4) is 0 Å². The molecule has 3 aromatic rings. The van der Waals surface area contributed by atoms with Crippen molar-refractivity contribution in [1.82, 2.24) is 0 Å². The van der Waals surface area contributed by atoms with Crippen molar-refractivity contribution in [2.75, 3.05) is 31.9 Å². The fourth-order valence-corrected chi connectivity index (χ4v) is 4.80. The van der Waals surface area contributed by atoms with Gasteiger partial charge in [-0.3, -0.25) is 5.01 Å². The molecule has 5 nitrogen and oxygen atoms in total. The SMILES string of the molecule is COC1(c2cc(F)cc(OCC3=NN(c4ccccc4)C(c4ccccc4)C3)c2)CCOCC1. The molecule has 34 heavy (non-hydrogen) atoms. The predicted molar refractivity (Wildman–Crippen MR) is 131 cm³/mol. The molecule has 0 aliphatic carbocycles. The summed E-state index contributed by atoms with van der Waals surface area (Å²) >= 11 is 0. The molecule has 3 aromatic carbocycles. The summed E-state index contributed by atoms with van der Waals surface area (Å²) in [5.41, 5.74) is 3.37. The van der Waals surface area contributed by atoms with Gasteiger partial charge in [-0.1, -0.05) is 48.5 Å². The highest BCUT2D eigenvalue weighted by atomic mass is 19.1. The third kappa shape index (κ3) is 4.69. The van der Waals surface area contributed by atoms with E-state index in [9.17, 15) is 4.39 Å². The van der Waals surface area contributed by atoms with Gasteiger partial charge in [-0.15, -0.1) is 0 Å². The number of halogens is 1. The van der Waals surface area contributed by atoms with Crippen LogP contribution in [0.1, 0.15) is 36.4 Å². The van der Waals surface area contributed by atoms with E-state index in [4.69, 9.17) is 19.3 Å². The van der Waals surface area contributed by atoms with Gasteiger partial charge in [0, 0.05) is 45.7 Å². The summed E-state index contributed by atoms with van der Waals surface area (Å²) in [4.78, 5) is 0. The minimum Gasteiger partial charge on any atom is -0.487 e. The third-order valence-corrected chi connectivity index (χ3v) is 6.67. The monoisotopic (exact) mass is 460 g/mol. The van der Waals surface area contributed by atoms with E-state index >= 15 is 0 Å². The van der Waals surface area contributed by atoms with Crippen LogP contribution in [0, 0.1) is 5.82 Å². The number of rotatable bonds is 7. The Balaban J connectivity index is 1.36. The Bertz CT molecular complexity index is 1130. The van der Waals surface area contributed by atoms with Gasteiger partial charge in [0.05, 0.1) is 23.0 Å². The van der Waals surface area contributed by atoms with Crippen LogP contribution in [-0.4, -0.2) is 32.6 Å². The van der Waals surface area contributed by atoms with Gasteiger partial charge in [0.2, 0.25) is 0 Å². The Morgan fingerprint density at radius 3 is 2.41 bits per heavy atom. The first-order chi connectivity index (χ1) is 16.7. The number of anilines is 1. The van der Waals surface area contributed by atoms with Gasteiger partial charge in [-0.2, -0.15) is 5.10 Å². The van der Waals surface area contributed by atoms with Crippen molar-refractivity contribution in [3.63, 3.8) is 0 Å². The second-order valence-corrected chi connectivity index (χ2v) is 8.75. The standard InChI is InChI=1S/C28H29FN2O3/c1-32-28(12-14-33-15-13-28)22-16-23(29)18-26(17-22)34-20-24-19-27(21-8-4-2-5-9-21)31(30-24)25-10-6-3-7-11-25/h2-11,16-18,27H,12-15,19-20H2,1H3. The molecule has 0 radical (unpaired) electrons. The lowest BCUT2D eigenvalue weighted by atomic mass is 9.86. The fourth-order valence-electron chi connectivity index (χ4n) is 4.80. The molecule has 2 aliphatic rings. The molecule has 1 fully saturated rings. The van der Waals surface area contributed by atoms with Crippen molar-refractivity contribution >= 4 is 11.4 Å². The van der Waals surface area contributed by atoms with E-state index in [1.54, 1.807) is 7.11 Å². The average Bonchev–Trinajstić information content (AvgIpc) is 3.33. The average molecular weight is 461 g/mol. The van der Waals surface area contributed by atoms with Crippen LogP contribution < -0.4 is 9.75 Å². The van der Waals surface area contributed by atoms with E-state index in [-0.39, 0.29) is 11.9 Å². The largest absolute Gasteiger partial charge is 0.487 e. The van der Waals surface area contributed by atoms with Gasteiger partial charge in [0.15, 0.2) is 0 Å². The van der Waals surface area contributed by atoms with E-state index in [0.29, 0.717) is 38.4 Å². The number of methoxy groups -OCH3 is 1. The number of hydrogen-bond acceptors (Lipinski definition) is 5. The van der Waals surface area contributed by atoms with Crippen LogP contribution in [-0.2, 0) is 15.1 Å². The molecule has 0 spiro atoms. The van der Waals surface area contributed by atoms with E-state index in [1.165, 1.54) is 17.7 Å². The van der Waals surface area contributed by atoms with Crippen molar-refractivity contribution in [3.8, 4) is 5.75 Å². The van der Waals surface area contributed by atoms with Gasteiger partial charge in [-0.05, 0) is 35.4 Å². The highest BCUT2D eigenvalue weighted by Crippen LogP contribution is 2.38. The molecule has 1 saturated heterocycles. The minimum atomic E-state index is -0.550. The van der Waals surface area contributed by atoms with E-state index in [1.807, 2.05) is 47.5 Å². The Hall–Kier alpha value is -3.22. The van der Waals surface area contributed by atoms with E-state index in [2.05, 4.69) is 24.3 Å². The lowest BCUT2D eigenvalue weighted by molar-refractivity contribution is -0.0950. The molecule has 5 rings (SSSR count). The van der Waals surface area contributed by atoms with Gasteiger partial charge in [0.1, 0.15) is 18.2 Å². The topological polar surface area (TPSA) is 43.3 Å². The van der Waals surface area contributed by atoms with Gasteiger partial charge < -0.3 is 14.2 Å². The smallest absolute Gasteiger partial charge is 0.128 e. The number of para-hydroxylation sites is 1. The molecule has 0 N–H and O–H groups in total. The number of ether oxygens (including phenoxy) is 3. The molecule has 2 heterocycles. The summed E-state index contributed by atoms with van der Waals surface area (Å²) in [7, 11) is 1.67. The molecule has 0 saturated carbocycles. The first kappa shape index (κ1) is 22.6. The summed E-state index contributed by atoms with van der Waals surface area (Å²) in [6, 6.07) is 25.4. The lowest BCUT2D eigenvalue weighted by Gasteiger charge is -2.36. The summed E-state index contributed by atoms with van der Waals surface area (Å²) in [6.07, 6.45) is 2.11. The van der Waals surface area contributed by atoms with E-state index in [0.717, 1.165) is 23.4 Å². The highest BCUT2D eigenvalue weighted by Gasteiger charge is 2.35. The third-order valence-electron chi connectivity index (χ3n) is 6.67. The summed E-state index contributed by atoms with van der Waals surface area (Å²) in [5, 5.41) is 6.93. The van der Waals surface area contributed by atoms with E-state index < -0.39 is 5.60 Å². The van der Waals surface area contributed by atoms with Crippen LogP contribution in [0.2, 0.25) is 0 Å². The molecule has 2 aliphatic heterocycles. The molecule has 1 atom stereocenters. The second-order valence-electron chi connectivity index (χ2n) is 8.75. The normalized spacial score (nSPS) is 19.6. The Kier molecular flexibility index (Phi) is 6.61. The minimum absolute atomic E-state index is 0.0873. The number of benzene rings is 3. The quantitative estimate of drug-likeness (QED) is 0.443. The molecule has 176 valence electrons. The molecule has 0 amide bonds. The van der Waals surface area contributed by atoms with Crippen molar-refractivity contribution in [2.45, 2.75) is 30.9 Å². The van der Waals surface area contributed by atoms with Crippen molar-refractivity contribution in [2.24, 2.45) is 5.10 Å². The molecular weight excluding hydrogens is 431 g/mol. The second kappa shape index (κ2) is 9.95. The molecule has 0 bridgehead atoms. The van der Waals surface area contributed by atoms with Gasteiger partial charge in [-0.25, -0.2) is 4.39 Å². The number of hydrogen-bond donors (Lipinski definition) is 0. The van der Waals surface area contributed by atoms with Crippen LogP contribution in [0.4, 0.5) is 10.1 Å². The highest BCUT2D eigenvalue weighted by molar-refractivity contribution is 5.90. The van der Waals surface area contributed by atoms with Crippen molar-refractivity contribution < 1.29 is 18.6 Å². The lowest BCUT2D eigenvalue weighted by Crippen LogP contribution is -2.35. The van der Waals surface area contributed by atoms with Crippen LogP contribution in [0.5, 0.6) is 5.75 Å². The maximum atomic E-state index is 14.6. The molecular formula is C28H29FN2O3. The molecule has 0 aromatic heterocycles. The molecule has 6 heteroatoms. The Morgan fingerprint density at radius 1 is 1.00 bits per heavy atom. The van der Waals surface area contributed by atoms with Crippen LogP contribution in [0.25, 0.3) is 0 Å². The van der Waals surface area contributed by atoms with Crippen molar-refractivity contribution in [1.29, 1.82) is 0 Å². The van der Waals surface area contributed by atoms with Gasteiger partial charge >= 0.3 is 0 Å². The van der Waals surface area contributed by atoms with Gasteiger partial charge in [0.25, 0.3) is 0 Å². The maximum Gasteiger partial charge on any atom is 0.128 e. The maximum absolute atomic E-state index is 14.6. The first-order valence-corrected chi connectivity index (χ1v) is 11.7. The zero-order chi connectivity index (χ0) is 23.4. The Morgan fingerprint density at radius 2 is 1.71 bits per heavy atom.